The summed E-state index contributed by atoms with van der Waals surface area (Å²) in [6.45, 7) is 11.2. The second kappa shape index (κ2) is 15.3. The summed E-state index contributed by atoms with van der Waals surface area (Å²) in [6.07, 6.45) is 3.87. The van der Waals surface area contributed by atoms with Gasteiger partial charge in [0.2, 0.25) is 17.7 Å². The van der Waals surface area contributed by atoms with Crippen LogP contribution in [0, 0.1) is 11.8 Å². The molecule has 10 nitrogen and oxygen atoms in total. The maximum atomic E-state index is 14.7. The molecule has 3 aliphatic heterocycles. The molecule has 2 N–H and O–H groups in total. The van der Waals surface area contributed by atoms with Crippen molar-refractivity contribution in [2.45, 2.75) is 81.9 Å². The van der Waals surface area contributed by atoms with Crippen LogP contribution in [-0.4, -0.2) is 88.1 Å². The third-order valence-corrected chi connectivity index (χ3v) is 9.88. The van der Waals surface area contributed by atoms with Crippen LogP contribution >= 0.6 is 0 Å². The van der Waals surface area contributed by atoms with Gasteiger partial charge in [0.15, 0.2) is 0 Å². The average Bonchev–Trinajstić information content (AvgIpc) is 3.74. The summed E-state index contributed by atoms with van der Waals surface area (Å²) in [5, 5.41) is 13.6. The Morgan fingerprint density at radius 3 is 2.42 bits per heavy atom. The van der Waals surface area contributed by atoms with Crippen molar-refractivity contribution in [2.24, 2.45) is 11.8 Å². The number of aliphatic hydroxyl groups excluding tert-OH is 1. The van der Waals surface area contributed by atoms with Crippen LogP contribution in [0.4, 0.5) is 0 Å². The van der Waals surface area contributed by atoms with Gasteiger partial charge in [-0.1, -0.05) is 72.8 Å². The maximum absolute atomic E-state index is 14.7. The molecule has 3 amide bonds. The lowest BCUT2D eigenvalue weighted by atomic mass is 9.70. The Kier molecular flexibility index (Phi) is 11.2. The number of hydrogen-bond acceptors (Lipinski definition) is 7. The van der Waals surface area contributed by atoms with Crippen LogP contribution in [-0.2, 0) is 35.1 Å². The molecule has 7 atom stereocenters. The number of aliphatic hydroxyl groups is 1. The van der Waals surface area contributed by atoms with E-state index in [1.165, 1.54) is 4.90 Å². The highest BCUT2D eigenvalue weighted by atomic mass is 16.6. The molecule has 3 fully saturated rings. The lowest BCUT2D eigenvalue weighted by Gasteiger charge is -2.40. The van der Waals surface area contributed by atoms with E-state index < -0.39 is 53.6 Å². The predicted molar refractivity (Wildman–Crippen MR) is 180 cm³/mol. The van der Waals surface area contributed by atoms with Crippen molar-refractivity contribution in [3.63, 3.8) is 0 Å². The number of carbonyl (C=O) groups is 4. The number of hydrogen-bond donors (Lipinski definition) is 2. The van der Waals surface area contributed by atoms with Crippen molar-refractivity contribution in [1.82, 2.24) is 15.1 Å². The standard InChI is InChI=1S/C38H47N3O7/c1-5-7-18-31(43)39-23-30(27-16-12-9-13-17-27)47-37(46)32-29-19-20-38(48-29)33(32)35(44)41(28(24-42)22-26-14-10-8-11-15-26)34(38)36(45)40(21-6-2)25(3)4/h5-6,8-17,25,28-30,32-34,42H,1-2,7,18-24H2,3-4H3,(H,39,43)/t28-,29+,30+,32-,33-,34+,38-/m1/s1. The Morgan fingerprint density at radius 1 is 1.10 bits per heavy atom. The summed E-state index contributed by atoms with van der Waals surface area (Å²) in [5.41, 5.74) is 0.336. The summed E-state index contributed by atoms with van der Waals surface area (Å²) in [6, 6.07) is 16.7. The molecule has 3 saturated heterocycles. The summed E-state index contributed by atoms with van der Waals surface area (Å²) in [7, 11) is 0. The molecular formula is C38H47N3O7. The second-order valence-corrected chi connectivity index (χ2v) is 13.2. The Balaban J connectivity index is 1.48. The first-order valence-electron chi connectivity index (χ1n) is 16.9. The topological polar surface area (TPSA) is 125 Å². The van der Waals surface area contributed by atoms with Crippen LogP contribution in [0.5, 0.6) is 0 Å². The summed E-state index contributed by atoms with van der Waals surface area (Å²) in [5.74, 6) is -3.44. The van der Waals surface area contributed by atoms with Crippen molar-refractivity contribution in [3.05, 3.63) is 97.1 Å². The van der Waals surface area contributed by atoms with Gasteiger partial charge in [0, 0.05) is 19.0 Å². The number of nitrogens with one attached hydrogen (secondary N) is 1. The highest BCUT2D eigenvalue weighted by molar-refractivity contribution is 5.98. The second-order valence-electron chi connectivity index (χ2n) is 13.2. The minimum Gasteiger partial charge on any atom is -0.455 e. The third kappa shape index (κ3) is 6.82. The molecular weight excluding hydrogens is 610 g/mol. The van der Waals surface area contributed by atoms with Gasteiger partial charge in [-0.25, -0.2) is 0 Å². The van der Waals surface area contributed by atoms with Crippen molar-refractivity contribution in [1.29, 1.82) is 0 Å². The van der Waals surface area contributed by atoms with Crippen LogP contribution < -0.4 is 5.32 Å². The van der Waals surface area contributed by atoms with E-state index >= 15 is 0 Å². The molecule has 48 heavy (non-hydrogen) atoms. The third-order valence-electron chi connectivity index (χ3n) is 9.88. The highest BCUT2D eigenvalue weighted by Crippen LogP contribution is 2.59. The van der Waals surface area contributed by atoms with Crippen LogP contribution in [0.15, 0.2) is 86.0 Å². The molecule has 0 saturated carbocycles. The lowest BCUT2D eigenvalue weighted by molar-refractivity contribution is -0.161. The average molecular weight is 658 g/mol. The van der Waals surface area contributed by atoms with E-state index in [0.29, 0.717) is 31.2 Å². The van der Waals surface area contributed by atoms with Gasteiger partial charge in [0.25, 0.3) is 0 Å². The largest absolute Gasteiger partial charge is 0.455 e. The van der Waals surface area contributed by atoms with Crippen LogP contribution in [0.25, 0.3) is 0 Å². The quantitative estimate of drug-likeness (QED) is 0.208. The molecule has 0 unspecified atom stereocenters. The molecule has 0 radical (unpaired) electrons. The van der Waals surface area contributed by atoms with Crippen molar-refractivity contribution >= 4 is 23.7 Å². The fraction of sp³-hybridized carbons (Fsp3) is 0.474. The molecule has 2 bridgehead atoms. The zero-order valence-electron chi connectivity index (χ0n) is 27.8. The van der Waals surface area contributed by atoms with Crippen LogP contribution in [0.2, 0.25) is 0 Å². The normalized spacial score (nSPS) is 25.3. The molecule has 3 aliphatic rings. The Labute approximate surface area is 282 Å². The number of ether oxygens (including phenoxy) is 2. The molecule has 2 aromatic rings. The first-order valence-corrected chi connectivity index (χ1v) is 16.9. The van der Waals surface area contributed by atoms with E-state index in [-0.39, 0.29) is 44.0 Å². The summed E-state index contributed by atoms with van der Waals surface area (Å²) in [4.78, 5) is 59.1. The van der Waals surface area contributed by atoms with E-state index in [4.69, 9.17) is 9.47 Å². The van der Waals surface area contributed by atoms with Gasteiger partial charge >= 0.3 is 5.97 Å². The van der Waals surface area contributed by atoms with Crippen LogP contribution in [0.1, 0.15) is 56.8 Å². The predicted octanol–water partition coefficient (Wildman–Crippen LogP) is 3.75. The monoisotopic (exact) mass is 657 g/mol. The molecule has 2 aromatic carbocycles. The minimum absolute atomic E-state index is 0.0511. The lowest BCUT2D eigenvalue weighted by Crippen LogP contribution is -2.60. The number of likely N-dealkylation sites (tertiary alicyclic amines) is 1. The summed E-state index contributed by atoms with van der Waals surface area (Å²) < 4.78 is 12.8. The Hall–Kier alpha value is -4.28. The van der Waals surface area contributed by atoms with Gasteiger partial charge in [-0.2, -0.15) is 0 Å². The number of esters is 1. The van der Waals surface area contributed by atoms with Gasteiger partial charge in [0.05, 0.1) is 37.1 Å². The number of benzene rings is 2. The number of fused-ring (bicyclic) bond motifs is 1. The number of rotatable bonds is 16. The molecule has 10 heteroatoms. The van der Waals surface area contributed by atoms with Gasteiger partial charge in [-0.15, -0.1) is 13.2 Å². The van der Waals surface area contributed by atoms with Crippen LogP contribution in [0.3, 0.4) is 0 Å². The van der Waals surface area contributed by atoms with Gasteiger partial charge < -0.3 is 29.7 Å². The SMILES string of the molecule is C=CCCC(=O)NC[C@H](OC(=O)[C@@H]1[C@@H]2CC[C@]3(O2)[C@H](C(=O)N(CC=C)C(C)C)N([C@@H](CO)Cc2ccccc2)C(=O)[C@@H]13)c1ccccc1. The maximum Gasteiger partial charge on any atom is 0.313 e. The Bertz CT molecular complexity index is 1480. The fourth-order valence-corrected chi connectivity index (χ4v) is 7.66. The molecule has 256 valence electrons. The van der Waals surface area contributed by atoms with E-state index in [9.17, 15) is 24.3 Å². The van der Waals surface area contributed by atoms with E-state index in [1.807, 2.05) is 74.5 Å². The molecule has 5 rings (SSSR count). The van der Waals surface area contributed by atoms with E-state index in [0.717, 1.165) is 5.56 Å². The number of carbonyl (C=O) groups excluding carboxylic acids is 4. The van der Waals surface area contributed by atoms with Crippen molar-refractivity contribution in [3.8, 4) is 0 Å². The first-order chi connectivity index (χ1) is 23.2. The van der Waals surface area contributed by atoms with Crippen molar-refractivity contribution in [2.75, 3.05) is 19.7 Å². The zero-order chi connectivity index (χ0) is 34.4. The van der Waals surface area contributed by atoms with Gasteiger partial charge in [0.1, 0.15) is 17.7 Å². The van der Waals surface area contributed by atoms with E-state index in [1.54, 1.807) is 17.1 Å². The summed E-state index contributed by atoms with van der Waals surface area (Å²) >= 11 is 0. The number of nitrogens with zero attached hydrogens (tertiary/aromatic N) is 2. The Morgan fingerprint density at radius 2 is 1.79 bits per heavy atom. The smallest absolute Gasteiger partial charge is 0.313 e. The van der Waals surface area contributed by atoms with Gasteiger partial charge in [-0.05, 0) is 50.7 Å². The van der Waals surface area contributed by atoms with E-state index in [2.05, 4.69) is 18.5 Å². The molecule has 0 aliphatic carbocycles. The van der Waals surface area contributed by atoms with Gasteiger partial charge in [-0.3, -0.25) is 19.2 Å². The zero-order valence-corrected chi connectivity index (χ0v) is 27.8. The van der Waals surface area contributed by atoms with Crippen molar-refractivity contribution < 1.29 is 33.8 Å². The highest BCUT2D eigenvalue weighted by Gasteiger charge is 2.75. The first kappa shape index (κ1) is 35.0. The number of allylic oxidation sites excluding steroid dienone is 1. The molecule has 0 aromatic heterocycles. The molecule has 1 spiro atoms. The minimum atomic E-state index is -1.26. The fourth-order valence-electron chi connectivity index (χ4n) is 7.66. The molecule has 3 heterocycles. The number of amides is 3.